The number of aliphatic imine (C=N–C) groups is 1. The Kier molecular flexibility index (Phi) is 6.91. The molecule has 3 aliphatic rings. The molecule has 0 saturated heterocycles. The minimum absolute atomic E-state index is 0.608. The van der Waals surface area contributed by atoms with Crippen LogP contribution in [0.1, 0.15) is 37.1 Å². The summed E-state index contributed by atoms with van der Waals surface area (Å²) < 4.78 is 0. The van der Waals surface area contributed by atoms with E-state index in [0.29, 0.717) is 6.54 Å². The van der Waals surface area contributed by atoms with Gasteiger partial charge in [-0.15, -0.1) is 11.8 Å². The first-order valence-electron chi connectivity index (χ1n) is 15.6. The van der Waals surface area contributed by atoms with E-state index in [1.165, 1.54) is 38.9 Å². The first-order chi connectivity index (χ1) is 22.2. The van der Waals surface area contributed by atoms with E-state index in [4.69, 9.17) is 15.3 Å². The van der Waals surface area contributed by atoms with Crippen LogP contribution in [0.5, 0.6) is 0 Å². The predicted octanol–water partition coefficient (Wildman–Crippen LogP) is 10.1. The fourth-order valence-corrected chi connectivity index (χ4v) is 6.53. The summed E-state index contributed by atoms with van der Waals surface area (Å²) in [7, 11) is 0. The van der Waals surface area contributed by atoms with Crippen LogP contribution in [0.15, 0.2) is 149 Å². The van der Waals surface area contributed by atoms with Crippen LogP contribution in [0.4, 0.5) is 11.4 Å². The lowest BCUT2D eigenvalue weighted by molar-refractivity contribution is 0.880. The van der Waals surface area contributed by atoms with Crippen molar-refractivity contribution in [2.24, 2.45) is 4.99 Å². The lowest BCUT2D eigenvalue weighted by atomic mass is 9.93. The summed E-state index contributed by atoms with van der Waals surface area (Å²) in [4.78, 5) is 15.5. The number of allylic oxidation sites excluding steroid dienone is 7. The maximum Gasteiger partial charge on any atom is 0.134 e. The van der Waals surface area contributed by atoms with Crippen LogP contribution in [0.3, 0.4) is 0 Å². The molecule has 1 N–H and O–H groups in total. The zero-order valence-electron chi connectivity index (χ0n) is 25.1. The predicted molar refractivity (Wildman–Crippen MR) is 188 cm³/mol. The summed E-state index contributed by atoms with van der Waals surface area (Å²) in [6.07, 6.45) is 14.5. The Hall–Kier alpha value is -5.55. The summed E-state index contributed by atoms with van der Waals surface area (Å²) in [5.41, 5.74) is 12.3. The lowest BCUT2D eigenvalue weighted by Gasteiger charge is -2.38. The third kappa shape index (κ3) is 5.17. The van der Waals surface area contributed by atoms with Gasteiger partial charge in [0.15, 0.2) is 0 Å². The Labute approximate surface area is 263 Å². The molecule has 8 rings (SSSR count). The number of aromatic amines is 1. The van der Waals surface area contributed by atoms with Crippen LogP contribution < -0.4 is 4.90 Å². The van der Waals surface area contributed by atoms with Gasteiger partial charge in [0, 0.05) is 28.7 Å². The fourth-order valence-electron chi connectivity index (χ4n) is 6.53. The summed E-state index contributed by atoms with van der Waals surface area (Å²) in [5, 5.41) is 7.44. The summed E-state index contributed by atoms with van der Waals surface area (Å²) >= 11 is 0. The van der Waals surface area contributed by atoms with Gasteiger partial charge in [0.05, 0.1) is 11.0 Å². The Morgan fingerprint density at radius 3 is 2.22 bits per heavy atom. The van der Waals surface area contributed by atoms with Gasteiger partial charge in [-0.1, -0.05) is 96.7 Å². The highest BCUT2D eigenvalue weighted by Gasteiger charge is 2.19. The Morgan fingerprint density at radius 1 is 0.689 bits per heavy atom. The topological polar surface area (TPSA) is 58.4 Å². The molecule has 2 aliphatic carbocycles. The molecule has 220 valence electrons. The van der Waals surface area contributed by atoms with Crippen LogP contribution in [-0.4, -0.2) is 22.2 Å². The summed E-state index contributed by atoms with van der Waals surface area (Å²) in [6, 6.07) is 31.6. The molecule has 1 aliphatic heterocycles. The second-order valence-corrected chi connectivity index (χ2v) is 11.7. The third-order valence-electron chi connectivity index (χ3n) is 8.94. The molecule has 0 spiro atoms. The van der Waals surface area contributed by atoms with E-state index in [9.17, 15) is 0 Å². The molecule has 0 bridgehead atoms. The molecule has 2 heterocycles. The number of anilines is 2. The highest BCUT2D eigenvalue weighted by atomic mass is 15.2. The highest BCUT2D eigenvalue weighted by Crippen LogP contribution is 2.41. The van der Waals surface area contributed by atoms with Gasteiger partial charge in [-0.2, -0.15) is 18.6 Å². The number of nitrogens with one attached hydrogen (secondary N) is 1. The van der Waals surface area contributed by atoms with Crippen molar-refractivity contribution in [3.8, 4) is 0 Å². The molecule has 45 heavy (non-hydrogen) atoms. The van der Waals surface area contributed by atoms with Crippen molar-refractivity contribution in [3.05, 3.63) is 168 Å². The minimum atomic E-state index is 0.608. The van der Waals surface area contributed by atoms with Gasteiger partial charge < -0.3 is 15.2 Å². The van der Waals surface area contributed by atoms with Gasteiger partial charge in [-0.3, -0.25) is 4.99 Å². The van der Waals surface area contributed by atoms with Crippen LogP contribution in [0.2, 0.25) is 0 Å². The molecular formula is C40H33N5-2. The van der Waals surface area contributed by atoms with Crippen molar-refractivity contribution >= 4 is 44.5 Å². The van der Waals surface area contributed by atoms with Gasteiger partial charge in [0.25, 0.3) is 0 Å². The molecule has 0 amide bonds. The van der Waals surface area contributed by atoms with Gasteiger partial charge in [0.2, 0.25) is 0 Å². The molecule has 5 nitrogen and oxygen atoms in total. The Balaban J connectivity index is 1.05. The molecule has 1 aromatic heterocycles. The number of aromatic nitrogens is 2. The molecule has 0 radical (unpaired) electrons. The quantitative estimate of drug-likeness (QED) is 0.202. The standard InChI is InChI=1S/C40H33N5/c1-27-9-2-7-15-38(27)45(39-16-8-11-28-10-3-4-12-33(28)39)32-23-21-30(22-24-32)37-26-41-36(25-42-37)29-17-19-31(20-18-29)40-43-34-13-5-6-14-35(34)44-40/h2-17,19,21,23,26H,1,18,20,22,24-25H2,(H,43,44)/q-2. The summed E-state index contributed by atoms with van der Waals surface area (Å²) in [6.45, 7) is 4.98. The molecule has 0 saturated carbocycles. The van der Waals surface area contributed by atoms with E-state index in [0.717, 1.165) is 65.2 Å². The van der Waals surface area contributed by atoms with E-state index in [2.05, 4.69) is 108 Å². The zero-order chi connectivity index (χ0) is 30.2. The van der Waals surface area contributed by atoms with Crippen molar-refractivity contribution in [2.45, 2.75) is 25.7 Å². The first kappa shape index (κ1) is 27.0. The maximum absolute atomic E-state index is 4.99. The molecule has 4 aromatic carbocycles. The summed E-state index contributed by atoms with van der Waals surface area (Å²) in [5.74, 6) is 0.957. The maximum atomic E-state index is 4.99. The molecule has 5 aromatic rings. The molecule has 5 heteroatoms. The second-order valence-electron chi connectivity index (χ2n) is 11.7. The number of H-pyrrole nitrogens is 1. The third-order valence-corrected chi connectivity index (χ3v) is 8.94. The van der Waals surface area contributed by atoms with Crippen LogP contribution in [0.25, 0.3) is 32.7 Å². The van der Waals surface area contributed by atoms with E-state index < -0.39 is 0 Å². The zero-order valence-corrected chi connectivity index (χ0v) is 25.1. The SMILES string of the molecule is [CH2-]c1ccccc1N(C1=CC=C(C2=CN=C(C3=CC=C(c4nc5ccccc5[nH]4)CC3)C[N-]2)CC1)c1cccc2ccccc12. The number of rotatable bonds is 6. The molecule has 0 fully saturated rings. The lowest BCUT2D eigenvalue weighted by Crippen LogP contribution is -2.20. The van der Waals surface area contributed by atoms with Crippen LogP contribution >= 0.6 is 0 Å². The first-order valence-corrected chi connectivity index (χ1v) is 15.6. The molecular weight excluding hydrogens is 550 g/mol. The fraction of sp³-hybridized carbons (Fsp3) is 0.125. The largest absolute Gasteiger partial charge is 0.678 e. The normalized spacial score (nSPS) is 16.6. The van der Waals surface area contributed by atoms with E-state index in [-0.39, 0.29) is 0 Å². The monoisotopic (exact) mass is 583 g/mol. The Bertz CT molecular complexity index is 2100. The van der Waals surface area contributed by atoms with Crippen LogP contribution in [0, 0.1) is 6.92 Å². The van der Waals surface area contributed by atoms with E-state index in [1.807, 2.05) is 30.5 Å². The van der Waals surface area contributed by atoms with Gasteiger partial charge in [-0.05, 0) is 66.5 Å². The number of nitrogens with zero attached hydrogens (tertiary/aromatic N) is 4. The van der Waals surface area contributed by atoms with E-state index in [1.54, 1.807) is 0 Å². The smallest absolute Gasteiger partial charge is 0.134 e. The average Bonchev–Trinajstić information content (AvgIpc) is 3.55. The van der Waals surface area contributed by atoms with Crippen molar-refractivity contribution in [2.75, 3.05) is 11.4 Å². The number of fused-ring (bicyclic) bond motifs is 2. The van der Waals surface area contributed by atoms with Gasteiger partial charge in [-0.25, -0.2) is 4.98 Å². The Morgan fingerprint density at radius 2 is 1.42 bits per heavy atom. The molecule has 0 atom stereocenters. The molecule has 0 unspecified atom stereocenters. The second kappa shape index (κ2) is 11.5. The van der Waals surface area contributed by atoms with Gasteiger partial charge >= 0.3 is 0 Å². The number of benzene rings is 4. The highest BCUT2D eigenvalue weighted by molar-refractivity contribution is 6.05. The van der Waals surface area contributed by atoms with Crippen molar-refractivity contribution in [3.63, 3.8) is 0 Å². The average molecular weight is 584 g/mol. The number of imidazole rings is 1. The minimum Gasteiger partial charge on any atom is -0.678 e. The van der Waals surface area contributed by atoms with Crippen molar-refractivity contribution in [1.29, 1.82) is 0 Å². The number of hydrogen-bond donors (Lipinski definition) is 1. The number of hydrogen-bond acceptors (Lipinski definition) is 3. The van der Waals surface area contributed by atoms with E-state index >= 15 is 0 Å². The number of para-hydroxylation sites is 3. The van der Waals surface area contributed by atoms with Crippen molar-refractivity contribution < 1.29 is 0 Å². The van der Waals surface area contributed by atoms with Crippen LogP contribution in [-0.2, 0) is 0 Å². The van der Waals surface area contributed by atoms with Gasteiger partial charge in [0.1, 0.15) is 5.82 Å². The van der Waals surface area contributed by atoms with Crippen molar-refractivity contribution in [1.82, 2.24) is 9.97 Å².